The van der Waals surface area contributed by atoms with Gasteiger partial charge >= 0.3 is 6.09 Å². The second kappa shape index (κ2) is 10.4. The van der Waals surface area contributed by atoms with E-state index in [9.17, 15) is 4.79 Å². The summed E-state index contributed by atoms with van der Waals surface area (Å²) in [7, 11) is 5.76. The highest BCUT2D eigenvalue weighted by atomic mass is 16.6. The number of hydrogen-bond acceptors (Lipinski definition) is 4. The standard InChI is InChI=1S/C14H22N2O2.C6H6O/c1-6-16(5)14(17)18-13-9-7-8-12(10-13)11(2)15(3)4;7-6-4-2-1-3-5-6/h7-11H,6H2,1-5H3;1-5,7H/t11-;/m0./s1. The van der Waals surface area contributed by atoms with Gasteiger partial charge in [0.1, 0.15) is 11.5 Å². The quantitative estimate of drug-likeness (QED) is 0.905. The number of benzene rings is 2. The van der Waals surface area contributed by atoms with Crippen LogP contribution in [-0.4, -0.2) is 48.7 Å². The maximum absolute atomic E-state index is 11.7. The number of phenolic OH excluding ortho intramolecular Hbond substituents is 1. The predicted molar refractivity (Wildman–Crippen MR) is 101 cm³/mol. The minimum absolute atomic E-state index is 0.285. The highest BCUT2D eigenvalue weighted by Crippen LogP contribution is 2.22. The molecule has 0 radical (unpaired) electrons. The lowest BCUT2D eigenvalue weighted by Gasteiger charge is -2.21. The van der Waals surface area contributed by atoms with Crippen molar-refractivity contribution in [1.82, 2.24) is 9.80 Å². The van der Waals surface area contributed by atoms with Gasteiger partial charge < -0.3 is 19.6 Å². The third-order valence-corrected chi connectivity index (χ3v) is 3.86. The molecule has 0 aliphatic heterocycles. The Bertz CT molecular complexity index is 644. The highest BCUT2D eigenvalue weighted by molar-refractivity contribution is 5.70. The Kier molecular flexibility index (Phi) is 8.50. The Hall–Kier alpha value is -2.53. The molecular weight excluding hydrogens is 316 g/mol. The van der Waals surface area contributed by atoms with Gasteiger partial charge in [-0.3, -0.25) is 0 Å². The van der Waals surface area contributed by atoms with Crippen LogP contribution in [-0.2, 0) is 0 Å². The number of carbonyl (C=O) groups excluding carboxylic acids is 1. The maximum Gasteiger partial charge on any atom is 0.414 e. The monoisotopic (exact) mass is 344 g/mol. The van der Waals surface area contributed by atoms with E-state index in [4.69, 9.17) is 9.84 Å². The summed E-state index contributed by atoms with van der Waals surface area (Å²) in [6.45, 7) is 4.65. The molecule has 136 valence electrons. The average molecular weight is 344 g/mol. The Balaban J connectivity index is 0.000000370. The minimum atomic E-state index is -0.327. The average Bonchev–Trinajstić information content (AvgIpc) is 2.61. The number of amides is 1. The first-order valence-corrected chi connectivity index (χ1v) is 8.28. The minimum Gasteiger partial charge on any atom is -0.508 e. The number of aromatic hydroxyl groups is 1. The molecule has 1 N–H and O–H groups in total. The number of rotatable bonds is 4. The Morgan fingerprint density at radius 3 is 2.20 bits per heavy atom. The summed E-state index contributed by atoms with van der Waals surface area (Å²) in [6.07, 6.45) is -0.327. The first kappa shape index (κ1) is 20.5. The summed E-state index contributed by atoms with van der Waals surface area (Å²) in [4.78, 5) is 15.3. The van der Waals surface area contributed by atoms with E-state index >= 15 is 0 Å². The number of ether oxygens (including phenoxy) is 1. The van der Waals surface area contributed by atoms with Crippen LogP contribution in [0, 0.1) is 0 Å². The molecule has 0 saturated heterocycles. The molecule has 1 amide bonds. The highest BCUT2D eigenvalue weighted by Gasteiger charge is 2.12. The molecule has 0 heterocycles. The van der Waals surface area contributed by atoms with Crippen molar-refractivity contribution in [3.63, 3.8) is 0 Å². The van der Waals surface area contributed by atoms with Crippen LogP contribution in [0.15, 0.2) is 54.6 Å². The van der Waals surface area contributed by atoms with Gasteiger partial charge in [-0.1, -0.05) is 30.3 Å². The van der Waals surface area contributed by atoms with Crippen LogP contribution in [0.4, 0.5) is 4.79 Å². The number of hydrogen-bond donors (Lipinski definition) is 1. The van der Waals surface area contributed by atoms with E-state index in [0.717, 1.165) is 5.56 Å². The first-order valence-electron chi connectivity index (χ1n) is 8.28. The van der Waals surface area contributed by atoms with Crippen molar-refractivity contribution in [2.45, 2.75) is 19.9 Å². The fourth-order valence-electron chi connectivity index (χ4n) is 1.87. The zero-order chi connectivity index (χ0) is 18.8. The Morgan fingerprint density at radius 1 is 1.08 bits per heavy atom. The van der Waals surface area contributed by atoms with Crippen molar-refractivity contribution >= 4 is 6.09 Å². The van der Waals surface area contributed by atoms with Crippen LogP contribution in [0.1, 0.15) is 25.5 Å². The third-order valence-electron chi connectivity index (χ3n) is 3.86. The molecule has 25 heavy (non-hydrogen) atoms. The van der Waals surface area contributed by atoms with Crippen LogP contribution in [0.3, 0.4) is 0 Å². The van der Waals surface area contributed by atoms with Gasteiger partial charge in [0.2, 0.25) is 0 Å². The molecule has 0 fully saturated rings. The van der Waals surface area contributed by atoms with Crippen LogP contribution < -0.4 is 4.74 Å². The van der Waals surface area contributed by atoms with E-state index in [2.05, 4.69) is 11.8 Å². The van der Waals surface area contributed by atoms with Crippen molar-refractivity contribution < 1.29 is 14.6 Å². The van der Waals surface area contributed by atoms with Crippen molar-refractivity contribution in [3.8, 4) is 11.5 Å². The molecular formula is C20H28N2O3. The fourth-order valence-corrected chi connectivity index (χ4v) is 1.87. The van der Waals surface area contributed by atoms with Gasteiger partial charge in [0.15, 0.2) is 0 Å². The van der Waals surface area contributed by atoms with Gasteiger partial charge in [0.05, 0.1) is 0 Å². The molecule has 5 heteroatoms. The summed E-state index contributed by atoms with van der Waals surface area (Å²) in [5.74, 6) is 0.911. The molecule has 0 saturated carbocycles. The zero-order valence-electron chi connectivity index (χ0n) is 15.6. The molecule has 5 nitrogen and oxygen atoms in total. The van der Waals surface area contributed by atoms with Crippen molar-refractivity contribution in [1.29, 1.82) is 0 Å². The molecule has 0 unspecified atom stereocenters. The molecule has 2 aromatic carbocycles. The summed E-state index contributed by atoms with van der Waals surface area (Å²) in [6, 6.07) is 16.6. The largest absolute Gasteiger partial charge is 0.508 e. The van der Waals surface area contributed by atoms with Gasteiger partial charge in [-0.25, -0.2) is 4.79 Å². The topological polar surface area (TPSA) is 53.0 Å². The smallest absolute Gasteiger partial charge is 0.414 e. The molecule has 0 aliphatic carbocycles. The van der Waals surface area contributed by atoms with Crippen LogP contribution >= 0.6 is 0 Å². The number of para-hydroxylation sites is 1. The number of phenols is 1. The molecule has 0 aromatic heterocycles. The van der Waals surface area contributed by atoms with E-state index in [1.807, 2.05) is 45.3 Å². The predicted octanol–water partition coefficient (Wildman–Crippen LogP) is 4.15. The summed E-state index contributed by atoms with van der Waals surface area (Å²) in [5.41, 5.74) is 1.13. The fraction of sp³-hybridized carbons (Fsp3) is 0.350. The molecule has 1 atom stereocenters. The molecule has 0 aliphatic rings. The van der Waals surface area contributed by atoms with Crippen molar-refractivity contribution in [3.05, 3.63) is 60.2 Å². The van der Waals surface area contributed by atoms with Gasteiger partial charge in [-0.2, -0.15) is 0 Å². The second-order valence-electron chi connectivity index (χ2n) is 5.93. The summed E-state index contributed by atoms with van der Waals surface area (Å²) < 4.78 is 5.31. The van der Waals surface area contributed by atoms with Crippen molar-refractivity contribution in [2.75, 3.05) is 27.7 Å². The van der Waals surface area contributed by atoms with Crippen molar-refractivity contribution in [2.24, 2.45) is 0 Å². The molecule has 0 bridgehead atoms. The molecule has 2 rings (SSSR count). The van der Waals surface area contributed by atoms with Gasteiger partial charge in [-0.15, -0.1) is 0 Å². The van der Waals surface area contributed by atoms with Gasteiger partial charge in [0.25, 0.3) is 0 Å². The number of nitrogens with zero attached hydrogens (tertiary/aromatic N) is 2. The molecule has 0 spiro atoms. The lowest BCUT2D eigenvalue weighted by Crippen LogP contribution is -2.29. The Labute approximate surface area is 150 Å². The first-order chi connectivity index (χ1) is 11.8. The lowest BCUT2D eigenvalue weighted by atomic mass is 10.1. The van der Waals surface area contributed by atoms with Gasteiger partial charge in [0, 0.05) is 19.6 Å². The summed E-state index contributed by atoms with van der Waals surface area (Å²) >= 11 is 0. The third kappa shape index (κ3) is 7.27. The summed E-state index contributed by atoms with van der Waals surface area (Å²) in [5, 5.41) is 8.63. The van der Waals surface area contributed by atoms with Crippen LogP contribution in [0.5, 0.6) is 11.5 Å². The van der Waals surface area contributed by atoms with E-state index in [1.54, 1.807) is 37.4 Å². The van der Waals surface area contributed by atoms with E-state index in [0.29, 0.717) is 18.0 Å². The zero-order valence-corrected chi connectivity index (χ0v) is 15.6. The van der Waals surface area contributed by atoms with E-state index in [1.165, 1.54) is 4.90 Å². The lowest BCUT2D eigenvalue weighted by molar-refractivity contribution is 0.165. The van der Waals surface area contributed by atoms with Crippen LogP contribution in [0.2, 0.25) is 0 Å². The SMILES string of the molecule is CCN(C)C(=O)Oc1cccc([C@H](C)N(C)C)c1.Oc1ccccc1. The van der Waals surface area contributed by atoms with E-state index in [-0.39, 0.29) is 12.1 Å². The van der Waals surface area contributed by atoms with Crippen LogP contribution in [0.25, 0.3) is 0 Å². The Morgan fingerprint density at radius 2 is 1.72 bits per heavy atom. The second-order valence-corrected chi connectivity index (χ2v) is 5.93. The maximum atomic E-state index is 11.7. The molecule has 2 aromatic rings. The number of carbonyl (C=O) groups is 1. The van der Waals surface area contributed by atoms with E-state index < -0.39 is 0 Å². The normalized spacial score (nSPS) is 11.3. The van der Waals surface area contributed by atoms with Gasteiger partial charge in [-0.05, 0) is 57.8 Å².